The number of nitrogens with one attached hydrogen (secondary N) is 1. The van der Waals surface area contributed by atoms with Gasteiger partial charge >= 0.3 is 0 Å². The van der Waals surface area contributed by atoms with Gasteiger partial charge in [0.1, 0.15) is 0 Å². The molecule has 1 aliphatic heterocycles. The Labute approximate surface area is 95.5 Å². The zero-order valence-corrected chi connectivity index (χ0v) is 10.3. The maximum atomic E-state index is 4.19. The van der Waals surface area contributed by atoms with Crippen LogP contribution in [0.15, 0.2) is 11.7 Å². The van der Waals surface area contributed by atoms with Gasteiger partial charge in [-0.1, -0.05) is 6.92 Å². The first kappa shape index (κ1) is 11.0. The molecule has 2 rings (SSSR count). The first-order valence-electron chi connectivity index (χ1n) is 5.62. The Morgan fingerprint density at radius 2 is 2.53 bits per heavy atom. The molecule has 4 heteroatoms. The molecule has 1 N–H and O–H groups in total. The third-order valence-corrected chi connectivity index (χ3v) is 4.02. The average Bonchev–Trinajstić information content (AvgIpc) is 2.84. The van der Waals surface area contributed by atoms with Crippen LogP contribution in [-0.4, -0.2) is 36.6 Å². The second-order valence-corrected chi connectivity index (χ2v) is 5.10. The summed E-state index contributed by atoms with van der Waals surface area (Å²) in [6.07, 6.45) is 3.32. The molecule has 0 aromatic carbocycles. The molecule has 84 valence electrons. The first-order chi connectivity index (χ1) is 7.33. The lowest BCUT2D eigenvalue weighted by atomic mass is 9.99. The standard InChI is InChI=1S/C11H19N3S/c1-3-12-6-9-4-5-14(2)11(9)10-7-13-8-15-10/h7-9,11-12H,3-6H2,1-2H3. The lowest BCUT2D eigenvalue weighted by Gasteiger charge is -2.23. The number of nitrogens with zero attached hydrogens (tertiary/aromatic N) is 2. The van der Waals surface area contributed by atoms with E-state index in [4.69, 9.17) is 0 Å². The van der Waals surface area contributed by atoms with Gasteiger partial charge in [0.15, 0.2) is 0 Å². The van der Waals surface area contributed by atoms with E-state index in [2.05, 4.69) is 29.2 Å². The van der Waals surface area contributed by atoms with Crippen LogP contribution >= 0.6 is 11.3 Å². The Bertz CT molecular complexity index is 286. The van der Waals surface area contributed by atoms with Crippen molar-refractivity contribution in [3.8, 4) is 0 Å². The van der Waals surface area contributed by atoms with Crippen LogP contribution in [-0.2, 0) is 0 Å². The summed E-state index contributed by atoms with van der Waals surface area (Å²) in [6, 6.07) is 0.580. The summed E-state index contributed by atoms with van der Waals surface area (Å²) >= 11 is 1.78. The van der Waals surface area contributed by atoms with Gasteiger partial charge in [0, 0.05) is 17.1 Å². The van der Waals surface area contributed by atoms with E-state index in [1.54, 1.807) is 11.3 Å². The highest BCUT2D eigenvalue weighted by Gasteiger charge is 2.33. The summed E-state index contributed by atoms with van der Waals surface area (Å²) in [5.74, 6) is 0.746. The van der Waals surface area contributed by atoms with Crippen molar-refractivity contribution in [1.82, 2.24) is 15.2 Å². The molecule has 1 aliphatic rings. The van der Waals surface area contributed by atoms with E-state index < -0.39 is 0 Å². The quantitative estimate of drug-likeness (QED) is 0.846. The minimum absolute atomic E-state index is 0.580. The van der Waals surface area contributed by atoms with Crippen LogP contribution in [0.3, 0.4) is 0 Å². The van der Waals surface area contributed by atoms with Crippen LogP contribution < -0.4 is 5.32 Å². The summed E-state index contributed by atoms with van der Waals surface area (Å²) in [5, 5.41) is 3.46. The number of hydrogen-bond acceptors (Lipinski definition) is 4. The molecule has 3 nitrogen and oxygen atoms in total. The molecular formula is C11H19N3S. The number of likely N-dealkylation sites (tertiary alicyclic amines) is 1. The zero-order valence-electron chi connectivity index (χ0n) is 9.44. The Hall–Kier alpha value is -0.450. The molecule has 0 saturated carbocycles. The van der Waals surface area contributed by atoms with Crippen LogP contribution in [0, 0.1) is 5.92 Å². The van der Waals surface area contributed by atoms with E-state index in [1.165, 1.54) is 17.8 Å². The van der Waals surface area contributed by atoms with Crippen molar-refractivity contribution in [3.05, 3.63) is 16.6 Å². The first-order valence-corrected chi connectivity index (χ1v) is 6.50. The minimum Gasteiger partial charge on any atom is -0.317 e. The summed E-state index contributed by atoms with van der Waals surface area (Å²) in [6.45, 7) is 5.57. The summed E-state index contributed by atoms with van der Waals surface area (Å²) in [7, 11) is 2.22. The van der Waals surface area contributed by atoms with Crippen LogP contribution in [0.25, 0.3) is 0 Å². The Kier molecular flexibility index (Phi) is 3.72. The van der Waals surface area contributed by atoms with Crippen molar-refractivity contribution < 1.29 is 0 Å². The fourth-order valence-corrected chi connectivity index (χ4v) is 3.27. The van der Waals surface area contributed by atoms with E-state index in [1.807, 2.05) is 11.7 Å². The molecule has 2 heterocycles. The molecule has 1 fully saturated rings. The minimum atomic E-state index is 0.580. The topological polar surface area (TPSA) is 28.2 Å². The number of hydrogen-bond donors (Lipinski definition) is 1. The third kappa shape index (κ3) is 2.38. The lowest BCUT2D eigenvalue weighted by molar-refractivity contribution is 0.277. The maximum Gasteiger partial charge on any atom is 0.0794 e. The Morgan fingerprint density at radius 1 is 1.67 bits per heavy atom. The molecule has 0 bridgehead atoms. The number of thiazole rings is 1. The number of aromatic nitrogens is 1. The van der Waals surface area contributed by atoms with Crippen molar-refractivity contribution in [1.29, 1.82) is 0 Å². The van der Waals surface area contributed by atoms with Gasteiger partial charge in [0.25, 0.3) is 0 Å². The van der Waals surface area contributed by atoms with Gasteiger partial charge < -0.3 is 5.32 Å². The van der Waals surface area contributed by atoms with Gasteiger partial charge in [-0.3, -0.25) is 9.88 Å². The summed E-state index contributed by atoms with van der Waals surface area (Å²) < 4.78 is 0. The van der Waals surface area contributed by atoms with Gasteiger partial charge in [-0.05, 0) is 39.0 Å². The molecule has 15 heavy (non-hydrogen) atoms. The van der Waals surface area contributed by atoms with Gasteiger partial charge in [-0.15, -0.1) is 11.3 Å². The molecule has 0 radical (unpaired) electrons. The molecule has 2 atom stereocenters. The average molecular weight is 225 g/mol. The molecule has 2 unspecified atom stereocenters. The monoisotopic (exact) mass is 225 g/mol. The molecule has 0 spiro atoms. The Balaban J connectivity index is 2.05. The third-order valence-electron chi connectivity index (χ3n) is 3.17. The van der Waals surface area contributed by atoms with Gasteiger partial charge in [-0.2, -0.15) is 0 Å². The van der Waals surface area contributed by atoms with Crippen LogP contribution in [0.2, 0.25) is 0 Å². The molecular weight excluding hydrogens is 206 g/mol. The van der Waals surface area contributed by atoms with Crippen LogP contribution in [0.1, 0.15) is 24.3 Å². The predicted octanol–water partition coefficient (Wildman–Crippen LogP) is 1.75. The zero-order chi connectivity index (χ0) is 10.7. The second-order valence-electron chi connectivity index (χ2n) is 4.19. The fraction of sp³-hybridized carbons (Fsp3) is 0.727. The van der Waals surface area contributed by atoms with E-state index in [-0.39, 0.29) is 0 Å². The maximum absolute atomic E-state index is 4.19. The van der Waals surface area contributed by atoms with E-state index in [0.29, 0.717) is 6.04 Å². The predicted molar refractivity (Wildman–Crippen MR) is 64.1 cm³/mol. The van der Waals surface area contributed by atoms with Gasteiger partial charge in [0.2, 0.25) is 0 Å². The normalized spacial score (nSPS) is 27.3. The SMILES string of the molecule is CCNCC1CCN(C)C1c1cncs1. The van der Waals surface area contributed by atoms with Gasteiger partial charge in [0.05, 0.1) is 5.51 Å². The lowest BCUT2D eigenvalue weighted by Crippen LogP contribution is -2.27. The number of rotatable bonds is 4. The highest BCUT2D eigenvalue weighted by atomic mass is 32.1. The highest BCUT2D eigenvalue weighted by molar-refractivity contribution is 7.09. The van der Waals surface area contributed by atoms with Gasteiger partial charge in [-0.25, -0.2) is 0 Å². The van der Waals surface area contributed by atoms with Crippen molar-refractivity contribution >= 4 is 11.3 Å². The Morgan fingerprint density at radius 3 is 3.20 bits per heavy atom. The molecule has 1 aromatic rings. The molecule has 0 aliphatic carbocycles. The fourth-order valence-electron chi connectivity index (χ4n) is 2.39. The van der Waals surface area contributed by atoms with Crippen LogP contribution in [0.5, 0.6) is 0 Å². The van der Waals surface area contributed by atoms with Crippen molar-refractivity contribution in [2.45, 2.75) is 19.4 Å². The molecule has 0 amide bonds. The second kappa shape index (κ2) is 5.05. The molecule has 1 saturated heterocycles. The van der Waals surface area contributed by atoms with Crippen molar-refractivity contribution in [2.75, 3.05) is 26.7 Å². The highest BCUT2D eigenvalue weighted by Crippen LogP contribution is 2.37. The van der Waals surface area contributed by atoms with Crippen molar-refractivity contribution in [3.63, 3.8) is 0 Å². The summed E-state index contributed by atoms with van der Waals surface area (Å²) in [4.78, 5) is 8.06. The van der Waals surface area contributed by atoms with E-state index in [0.717, 1.165) is 19.0 Å². The van der Waals surface area contributed by atoms with Crippen molar-refractivity contribution in [2.24, 2.45) is 5.92 Å². The molecule has 1 aromatic heterocycles. The van der Waals surface area contributed by atoms with E-state index >= 15 is 0 Å². The smallest absolute Gasteiger partial charge is 0.0794 e. The van der Waals surface area contributed by atoms with Crippen LogP contribution in [0.4, 0.5) is 0 Å². The summed E-state index contributed by atoms with van der Waals surface area (Å²) in [5.41, 5.74) is 1.94. The largest absolute Gasteiger partial charge is 0.317 e. The van der Waals surface area contributed by atoms with E-state index in [9.17, 15) is 0 Å².